The van der Waals surface area contributed by atoms with E-state index in [1.807, 2.05) is 0 Å². The number of hydrazine groups is 1. The van der Waals surface area contributed by atoms with E-state index in [1.165, 1.54) is 45.2 Å². The molecule has 0 unspecified atom stereocenters. The molecule has 3 N–H and O–H groups in total. The molecule has 0 spiro atoms. The summed E-state index contributed by atoms with van der Waals surface area (Å²) in [5.41, 5.74) is 2.88. The van der Waals surface area contributed by atoms with Crippen LogP contribution in [0, 0.1) is 0 Å². The van der Waals surface area contributed by atoms with Crippen LogP contribution < -0.4 is 11.3 Å². The molecular weight excluding hydrogens is 186 g/mol. The van der Waals surface area contributed by atoms with Crippen molar-refractivity contribution in [2.24, 2.45) is 5.84 Å². The molecule has 1 saturated carbocycles. The highest BCUT2D eigenvalue weighted by Gasteiger charge is 2.27. The van der Waals surface area contributed by atoms with Gasteiger partial charge in [-0.3, -0.25) is 11.3 Å². The molecule has 2 fully saturated rings. The molecule has 3 nitrogen and oxygen atoms in total. The van der Waals surface area contributed by atoms with Crippen LogP contribution >= 0.6 is 12.4 Å². The van der Waals surface area contributed by atoms with Gasteiger partial charge in [-0.2, -0.15) is 0 Å². The fourth-order valence-corrected chi connectivity index (χ4v) is 2.31. The number of hydrogen-bond acceptors (Lipinski definition) is 3. The third-order valence-corrected chi connectivity index (χ3v) is 3.34. The lowest BCUT2D eigenvalue weighted by atomic mass is 9.89. The van der Waals surface area contributed by atoms with E-state index in [4.69, 9.17) is 5.84 Å². The molecule has 0 radical (unpaired) electrons. The number of halogens is 1. The van der Waals surface area contributed by atoms with Crippen molar-refractivity contribution < 1.29 is 0 Å². The molecule has 0 aromatic rings. The predicted octanol–water partition coefficient (Wildman–Crippen LogP) is 0.888. The second-order valence-corrected chi connectivity index (χ2v) is 4.06. The van der Waals surface area contributed by atoms with Gasteiger partial charge in [0.05, 0.1) is 0 Å². The number of hydrogen-bond donors (Lipinski definition) is 2. The Morgan fingerprint density at radius 2 is 1.69 bits per heavy atom. The average molecular weight is 206 g/mol. The maximum Gasteiger partial charge on any atom is 0.0211 e. The molecule has 0 aromatic carbocycles. The van der Waals surface area contributed by atoms with E-state index in [1.54, 1.807) is 0 Å². The highest BCUT2D eigenvalue weighted by atomic mass is 35.5. The minimum atomic E-state index is 0. The number of nitrogens with zero attached hydrogens (tertiary/aromatic N) is 1. The first-order chi connectivity index (χ1) is 5.90. The van der Waals surface area contributed by atoms with Gasteiger partial charge in [-0.1, -0.05) is 0 Å². The molecule has 0 bridgehead atoms. The molecule has 1 saturated heterocycles. The summed E-state index contributed by atoms with van der Waals surface area (Å²) in [7, 11) is 0. The van der Waals surface area contributed by atoms with E-state index < -0.39 is 0 Å². The van der Waals surface area contributed by atoms with E-state index in [9.17, 15) is 0 Å². The largest absolute Gasteiger partial charge is 0.300 e. The minimum Gasteiger partial charge on any atom is -0.300 e. The summed E-state index contributed by atoms with van der Waals surface area (Å²) in [5, 5.41) is 0. The Morgan fingerprint density at radius 3 is 2.08 bits per heavy atom. The molecule has 13 heavy (non-hydrogen) atoms. The van der Waals surface area contributed by atoms with Crippen LogP contribution in [0.1, 0.15) is 32.1 Å². The third kappa shape index (κ3) is 2.56. The van der Waals surface area contributed by atoms with Crippen molar-refractivity contribution in [3.05, 3.63) is 0 Å². The minimum absolute atomic E-state index is 0. The molecular formula is C9H20ClN3. The summed E-state index contributed by atoms with van der Waals surface area (Å²) in [4.78, 5) is 2.62. The molecule has 4 heteroatoms. The molecule has 1 heterocycles. The van der Waals surface area contributed by atoms with Crippen LogP contribution in [0.3, 0.4) is 0 Å². The average Bonchev–Trinajstić information content (AvgIpc) is 2.03. The lowest BCUT2D eigenvalue weighted by molar-refractivity contribution is 0.0840. The zero-order chi connectivity index (χ0) is 8.39. The zero-order valence-corrected chi connectivity index (χ0v) is 8.85. The van der Waals surface area contributed by atoms with Gasteiger partial charge >= 0.3 is 0 Å². The lowest BCUT2D eigenvalue weighted by Gasteiger charge is -2.41. The molecule has 0 aromatic heterocycles. The third-order valence-electron chi connectivity index (χ3n) is 3.34. The highest BCUT2D eigenvalue weighted by molar-refractivity contribution is 5.85. The van der Waals surface area contributed by atoms with Gasteiger partial charge < -0.3 is 4.90 Å². The fourth-order valence-electron chi connectivity index (χ4n) is 2.31. The number of rotatable bonds is 2. The summed E-state index contributed by atoms with van der Waals surface area (Å²) in [5.74, 6) is 5.41. The number of likely N-dealkylation sites (tertiary alicyclic amines) is 1. The monoisotopic (exact) mass is 205 g/mol. The van der Waals surface area contributed by atoms with E-state index in [2.05, 4.69) is 10.3 Å². The van der Waals surface area contributed by atoms with Gasteiger partial charge in [0.2, 0.25) is 0 Å². The fraction of sp³-hybridized carbons (Fsp3) is 1.00. The summed E-state index contributed by atoms with van der Waals surface area (Å²) in [6.07, 6.45) is 6.62. The first-order valence-electron chi connectivity index (χ1n) is 5.10. The smallest absolute Gasteiger partial charge is 0.0211 e. The first kappa shape index (κ1) is 11.2. The maximum absolute atomic E-state index is 5.41. The highest BCUT2D eigenvalue weighted by Crippen LogP contribution is 2.25. The van der Waals surface area contributed by atoms with Crippen molar-refractivity contribution in [2.75, 3.05) is 13.1 Å². The summed E-state index contributed by atoms with van der Waals surface area (Å²) in [6.45, 7) is 2.68. The normalized spacial score (nSPS) is 34.8. The summed E-state index contributed by atoms with van der Waals surface area (Å²) >= 11 is 0. The Kier molecular flexibility index (Phi) is 4.46. The van der Waals surface area contributed by atoms with Crippen LogP contribution in [0.2, 0.25) is 0 Å². The maximum atomic E-state index is 5.41. The van der Waals surface area contributed by atoms with Gasteiger partial charge in [0.1, 0.15) is 0 Å². The predicted molar refractivity (Wildman–Crippen MR) is 56.8 cm³/mol. The second kappa shape index (κ2) is 5.15. The van der Waals surface area contributed by atoms with Crippen LogP contribution in [-0.2, 0) is 0 Å². The van der Waals surface area contributed by atoms with E-state index in [-0.39, 0.29) is 12.4 Å². The van der Waals surface area contributed by atoms with Crippen molar-refractivity contribution in [1.29, 1.82) is 0 Å². The standard InChI is InChI=1S/C9H19N3.ClH/c10-11-8-2-4-9(5-3-8)12-6-1-7-12;/h8-9,11H,1-7,10H2;1H/t8-,9-;. The molecule has 0 atom stereocenters. The van der Waals surface area contributed by atoms with Crippen molar-refractivity contribution in [1.82, 2.24) is 10.3 Å². The molecule has 1 aliphatic heterocycles. The van der Waals surface area contributed by atoms with Crippen molar-refractivity contribution in [3.8, 4) is 0 Å². The van der Waals surface area contributed by atoms with Crippen LogP contribution in [0.15, 0.2) is 0 Å². The first-order valence-corrected chi connectivity index (χ1v) is 5.10. The topological polar surface area (TPSA) is 41.3 Å². The molecule has 78 valence electrons. The van der Waals surface area contributed by atoms with Gasteiger partial charge in [-0.15, -0.1) is 12.4 Å². The Labute approximate surface area is 86.4 Å². The Morgan fingerprint density at radius 1 is 1.08 bits per heavy atom. The second-order valence-electron chi connectivity index (χ2n) is 4.06. The lowest BCUT2D eigenvalue weighted by Crippen LogP contribution is -2.49. The summed E-state index contributed by atoms with van der Waals surface area (Å²) < 4.78 is 0. The Bertz CT molecular complexity index is 142. The molecule has 2 aliphatic rings. The Hall–Kier alpha value is 0.170. The van der Waals surface area contributed by atoms with Gasteiger partial charge in [0, 0.05) is 12.1 Å². The van der Waals surface area contributed by atoms with Crippen molar-refractivity contribution in [2.45, 2.75) is 44.2 Å². The summed E-state index contributed by atoms with van der Waals surface area (Å²) in [6, 6.07) is 1.46. The van der Waals surface area contributed by atoms with Crippen LogP contribution in [0.5, 0.6) is 0 Å². The van der Waals surface area contributed by atoms with Crippen molar-refractivity contribution >= 4 is 12.4 Å². The molecule has 0 amide bonds. The number of nitrogens with one attached hydrogen (secondary N) is 1. The Balaban J connectivity index is 0.000000845. The van der Waals surface area contributed by atoms with Gasteiger partial charge in [0.15, 0.2) is 0 Å². The van der Waals surface area contributed by atoms with Gasteiger partial charge in [0.25, 0.3) is 0 Å². The number of nitrogens with two attached hydrogens (primary N) is 1. The molecule has 2 rings (SSSR count). The quantitative estimate of drug-likeness (QED) is 0.520. The van der Waals surface area contributed by atoms with Gasteiger partial charge in [-0.05, 0) is 45.2 Å². The van der Waals surface area contributed by atoms with E-state index >= 15 is 0 Å². The van der Waals surface area contributed by atoms with E-state index in [0.29, 0.717) is 6.04 Å². The SMILES string of the molecule is Cl.NN[C@H]1CC[C@H](N2CCC2)CC1. The van der Waals surface area contributed by atoms with Crippen LogP contribution in [0.25, 0.3) is 0 Å². The van der Waals surface area contributed by atoms with Crippen LogP contribution in [-0.4, -0.2) is 30.1 Å². The van der Waals surface area contributed by atoms with Crippen molar-refractivity contribution in [3.63, 3.8) is 0 Å². The van der Waals surface area contributed by atoms with E-state index in [0.717, 1.165) is 6.04 Å². The van der Waals surface area contributed by atoms with Gasteiger partial charge in [-0.25, -0.2) is 0 Å². The zero-order valence-electron chi connectivity index (χ0n) is 8.04. The molecule has 1 aliphatic carbocycles. The van der Waals surface area contributed by atoms with Crippen LogP contribution in [0.4, 0.5) is 0 Å².